The Balaban J connectivity index is 2.85. The van der Waals surface area contributed by atoms with E-state index < -0.39 is 0 Å². The summed E-state index contributed by atoms with van der Waals surface area (Å²) in [6.45, 7) is 2.91. The fraction of sp³-hybridized carbons (Fsp3) is 0.333. The number of aromatic amines is 1. The molecular weight excluding hydrogens is 146 g/mol. The molecule has 0 unspecified atom stereocenters. The molecule has 1 aromatic heterocycles. The molecule has 1 aromatic rings. The van der Waals surface area contributed by atoms with Crippen LogP contribution in [0, 0.1) is 4.77 Å². The number of hydrogen-bond donors (Lipinski definition) is 2. The number of anilines is 1. The summed E-state index contributed by atoms with van der Waals surface area (Å²) in [5.41, 5.74) is 0. The topological polar surface area (TPSA) is 40.7 Å². The van der Waals surface area contributed by atoms with Crippen LogP contribution in [0.1, 0.15) is 6.92 Å². The summed E-state index contributed by atoms with van der Waals surface area (Å²) in [5, 5.41) is 3.09. The van der Waals surface area contributed by atoms with Gasteiger partial charge < -0.3 is 10.3 Å². The predicted octanol–water partition coefficient (Wildman–Crippen LogP) is 1.57. The molecule has 2 N–H and O–H groups in total. The standard InChI is InChI=1S/C6H9N3S/c1-2-7-5-3-4-8-6(10)9-5/h3-4H,2H2,1H3,(H2,7,8,9,10). The lowest BCUT2D eigenvalue weighted by molar-refractivity contribution is 1.09. The fourth-order valence-electron chi connectivity index (χ4n) is 0.662. The maximum atomic E-state index is 4.81. The minimum Gasteiger partial charge on any atom is -0.372 e. The van der Waals surface area contributed by atoms with Crippen LogP contribution in [0.4, 0.5) is 5.82 Å². The summed E-state index contributed by atoms with van der Waals surface area (Å²) in [5.74, 6) is 0.919. The summed E-state index contributed by atoms with van der Waals surface area (Å²) < 4.78 is 0.512. The van der Waals surface area contributed by atoms with Gasteiger partial charge in [0.05, 0.1) is 0 Å². The average Bonchev–Trinajstić information content (AvgIpc) is 1.88. The van der Waals surface area contributed by atoms with Crippen LogP contribution in [0.5, 0.6) is 0 Å². The molecule has 3 nitrogen and oxygen atoms in total. The van der Waals surface area contributed by atoms with Crippen LogP contribution in [0.3, 0.4) is 0 Å². The Kier molecular flexibility index (Phi) is 2.39. The van der Waals surface area contributed by atoms with Crippen LogP contribution in [0.15, 0.2) is 12.3 Å². The second-order valence-corrected chi connectivity index (χ2v) is 2.21. The first-order chi connectivity index (χ1) is 4.83. The van der Waals surface area contributed by atoms with Crippen LogP contribution in [0.25, 0.3) is 0 Å². The van der Waals surface area contributed by atoms with Crippen LogP contribution < -0.4 is 5.32 Å². The Hall–Kier alpha value is -0.900. The minimum atomic E-state index is 0.512. The van der Waals surface area contributed by atoms with Gasteiger partial charge in [0.25, 0.3) is 0 Å². The van der Waals surface area contributed by atoms with Crippen LogP contribution >= 0.6 is 12.2 Å². The predicted molar refractivity (Wildman–Crippen MR) is 43.6 cm³/mol. The first-order valence-corrected chi connectivity index (χ1v) is 3.53. The molecule has 0 saturated carbocycles. The Morgan fingerprint density at radius 3 is 3.20 bits per heavy atom. The Bertz CT molecular complexity index is 255. The zero-order chi connectivity index (χ0) is 7.40. The summed E-state index contributed by atoms with van der Waals surface area (Å²) in [4.78, 5) is 6.74. The number of hydrogen-bond acceptors (Lipinski definition) is 3. The van der Waals surface area contributed by atoms with Crippen molar-refractivity contribution in [1.82, 2.24) is 9.97 Å². The molecule has 10 heavy (non-hydrogen) atoms. The van der Waals surface area contributed by atoms with Crippen LogP contribution in [-0.2, 0) is 0 Å². The molecular formula is C6H9N3S. The highest BCUT2D eigenvalue weighted by atomic mass is 32.1. The minimum absolute atomic E-state index is 0.512. The molecule has 1 heterocycles. The van der Waals surface area contributed by atoms with E-state index in [0.29, 0.717) is 4.77 Å². The second kappa shape index (κ2) is 3.31. The number of nitrogens with one attached hydrogen (secondary N) is 2. The zero-order valence-corrected chi connectivity index (χ0v) is 6.53. The van der Waals surface area contributed by atoms with Gasteiger partial charge in [0.15, 0.2) is 4.77 Å². The van der Waals surface area contributed by atoms with Crippen molar-refractivity contribution in [3.05, 3.63) is 17.0 Å². The molecule has 0 aliphatic rings. The van der Waals surface area contributed by atoms with Gasteiger partial charge in [0.2, 0.25) is 0 Å². The molecule has 0 bridgehead atoms. The van der Waals surface area contributed by atoms with Gasteiger partial charge in [-0.25, -0.2) is 4.98 Å². The zero-order valence-electron chi connectivity index (χ0n) is 5.72. The van der Waals surface area contributed by atoms with Gasteiger partial charge in [-0.05, 0) is 25.2 Å². The van der Waals surface area contributed by atoms with Gasteiger partial charge in [-0.15, -0.1) is 0 Å². The largest absolute Gasteiger partial charge is 0.372 e. The number of rotatable bonds is 2. The van der Waals surface area contributed by atoms with Gasteiger partial charge in [-0.2, -0.15) is 0 Å². The van der Waals surface area contributed by atoms with Gasteiger partial charge in [-0.3, -0.25) is 0 Å². The summed E-state index contributed by atoms with van der Waals surface area (Å²) in [6, 6.07) is 1.85. The maximum absolute atomic E-state index is 4.81. The highest BCUT2D eigenvalue weighted by molar-refractivity contribution is 7.71. The van der Waals surface area contributed by atoms with E-state index in [1.807, 2.05) is 13.0 Å². The van der Waals surface area contributed by atoms with Gasteiger partial charge in [0.1, 0.15) is 5.82 Å². The van der Waals surface area contributed by atoms with Crippen molar-refractivity contribution in [2.24, 2.45) is 0 Å². The van der Waals surface area contributed by atoms with Crippen molar-refractivity contribution in [3.8, 4) is 0 Å². The normalized spacial score (nSPS) is 9.30. The van der Waals surface area contributed by atoms with E-state index in [9.17, 15) is 0 Å². The smallest absolute Gasteiger partial charge is 0.198 e. The van der Waals surface area contributed by atoms with E-state index in [1.54, 1.807) is 6.20 Å². The number of aromatic nitrogens is 2. The van der Waals surface area contributed by atoms with E-state index >= 15 is 0 Å². The van der Waals surface area contributed by atoms with E-state index in [-0.39, 0.29) is 0 Å². The van der Waals surface area contributed by atoms with Crippen molar-refractivity contribution in [3.63, 3.8) is 0 Å². The Labute approximate surface area is 64.5 Å². The lowest BCUT2D eigenvalue weighted by atomic mass is 10.6. The van der Waals surface area contributed by atoms with Crippen molar-refractivity contribution >= 4 is 18.0 Å². The van der Waals surface area contributed by atoms with E-state index in [1.165, 1.54) is 0 Å². The molecule has 0 aliphatic carbocycles. The number of H-pyrrole nitrogens is 1. The molecule has 0 fully saturated rings. The van der Waals surface area contributed by atoms with Gasteiger partial charge in [-0.1, -0.05) is 0 Å². The monoisotopic (exact) mass is 155 g/mol. The van der Waals surface area contributed by atoms with E-state index in [0.717, 1.165) is 12.4 Å². The van der Waals surface area contributed by atoms with Crippen molar-refractivity contribution in [1.29, 1.82) is 0 Å². The molecule has 54 valence electrons. The lowest BCUT2D eigenvalue weighted by Gasteiger charge is -1.99. The van der Waals surface area contributed by atoms with E-state index in [2.05, 4.69) is 15.3 Å². The third-order valence-electron chi connectivity index (χ3n) is 1.04. The van der Waals surface area contributed by atoms with Crippen molar-refractivity contribution in [2.45, 2.75) is 6.92 Å². The third kappa shape index (κ3) is 1.80. The number of nitrogens with zero attached hydrogens (tertiary/aromatic N) is 1. The molecule has 0 amide bonds. The molecule has 1 rings (SSSR count). The first kappa shape index (κ1) is 7.21. The molecule has 0 saturated heterocycles. The van der Waals surface area contributed by atoms with Crippen LogP contribution in [-0.4, -0.2) is 16.5 Å². The van der Waals surface area contributed by atoms with Crippen LogP contribution in [0.2, 0.25) is 0 Å². The van der Waals surface area contributed by atoms with Crippen molar-refractivity contribution < 1.29 is 0 Å². The lowest BCUT2D eigenvalue weighted by Crippen LogP contribution is -1.98. The van der Waals surface area contributed by atoms with Gasteiger partial charge >= 0.3 is 0 Å². The quantitative estimate of drug-likeness (QED) is 0.637. The van der Waals surface area contributed by atoms with Crippen molar-refractivity contribution in [2.75, 3.05) is 11.9 Å². The molecule has 0 radical (unpaired) electrons. The highest BCUT2D eigenvalue weighted by Crippen LogP contribution is 1.97. The average molecular weight is 155 g/mol. The third-order valence-corrected chi connectivity index (χ3v) is 1.25. The summed E-state index contributed by atoms with van der Waals surface area (Å²) in [6.07, 6.45) is 1.68. The molecule has 0 aliphatic heterocycles. The fourth-order valence-corrected chi connectivity index (χ4v) is 0.833. The summed E-state index contributed by atoms with van der Waals surface area (Å²) in [7, 11) is 0. The summed E-state index contributed by atoms with van der Waals surface area (Å²) >= 11 is 4.81. The maximum Gasteiger partial charge on any atom is 0.198 e. The Morgan fingerprint density at radius 2 is 2.60 bits per heavy atom. The van der Waals surface area contributed by atoms with Gasteiger partial charge in [0, 0.05) is 12.7 Å². The second-order valence-electron chi connectivity index (χ2n) is 1.82. The Morgan fingerprint density at radius 1 is 1.80 bits per heavy atom. The molecule has 0 spiro atoms. The highest BCUT2D eigenvalue weighted by Gasteiger charge is 1.85. The van der Waals surface area contributed by atoms with E-state index in [4.69, 9.17) is 12.2 Å². The molecule has 4 heteroatoms. The molecule has 0 atom stereocenters. The molecule has 0 aromatic carbocycles. The SMILES string of the molecule is CCNc1ccnc(=S)[nH]1. The first-order valence-electron chi connectivity index (χ1n) is 3.12.